The maximum atomic E-state index is 12.4. The van der Waals surface area contributed by atoms with Gasteiger partial charge in [-0.15, -0.1) is 0 Å². The minimum Gasteiger partial charge on any atom is -0.385 e. The van der Waals surface area contributed by atoms with E-state index in [1.165, 1.54) is 4.31 Å². The third kappa shape index (κ3) is 3.09. The Kier molecular flexibility index (Phi) is 4.47. The molecule has 0 bridgehead atoms. The van der Waals surface area contributed by atoms with E-state index >= 15 is 0 Å². The largest absolute Gasteiger partial charge is 0.385 e. The number of benzene rings is 1. The zero-order valence-electron chi connectivity index (χ0n) is 11.6. The highest BCUT2D eigenvalue weighted by Crippen LogP contribution is 2.28. The van der Waals surface area contributed by atoms with Crippen LogP contribution in [-0.2, 0) is 10.0 Å². The molecule has 1 N–H and O–H groups in total. The second kappa shape index (κ2) is 5.92. The molecule has 0 heterocycles. The lowest BCUT2D eigenvalue weighted by atomic mass is 9.94. The molecule has 0 atom stereocenters. The Labute approximate surface area is 115 Å². The van der Waals surface area contributed by atoms with Crippen LogP contribution in [0.1, 0.15) is 32.6 Å². The van der Waals surface area contributed by atoms with Crippen molar-refractivity contribution in [1.29, 1.82) is 0 Å². The highest BCUT2D eigenvalue weighted by molar-refractivity contribution is 7.89. The van der Waals surface area contributed by atoms with E-state index in [9.17, 15) is 8.42 Å². The number of sulfonamides is 1. The van der Waals surface area contributed by atoms with Gasteiger partial charge < -0.3 is 5.32 Å². The second-order valence-electron chi connectivity index (χ2n) is 5.06. The Morgan fingerprint density at radius 3 is 2.37 bits per heavy atom. The van der Waals surface area contributed by atoms with Crippen LogP contribution >= 0.6 is 0 Å². The van der Waals surface area contributed by atoms with Gasteiger partial charge in [0.1, 0.15) is 0 Å². The molecule has 0 aromatic heterocycles. The van der Waals surface area contributed by atoms with E-state index in [1.54, 1.807) is 19.2 Å². The number of nitrogens with zero attached hydrogens (tertiary/aromatic N) is 1. The van der Waals surface area contributed by atoms with Gasteiger partial charge in [-0.1, -0.05) is 13.3 Å². The quantitative estimate of drug-likeness (QED) is 0.872. The standard InChI is InChI=1S/C14H22N2O2S/c1-3-11-15-12-7-9-14(10-8-12)19(17,18)16(2)13-5-4-6-13/h7-10,13,15H,3-6,11H2,1-2H3. The number of hydrogen-bond acceptors (Lipinski definition) is 3. The topological polar surface area (TPSA) is 49.4 Å². The van der Waals surface area contributed by atoms with Gasteiger partial charge in [0.2, 0.25) is 10.0 Å². The van der Waals surface area contributed by atoms with Crippen molar-refractivity contribution < 1.29 is 8.42 Å². The fourth-order valence-electron chi connectivity index (χ4n) is 2.13. The molecule has 1 saturated carbocycles. The zero-order chi connectivity index (χ0) is 13.9. The summed E-state index contributed by atoms with van der Waals surface area (Å²) in [5, 5.41) is 3.24. The van der Waals surface area contributed by atoms with Gasteiger partial charge in [0, 0.05) is 25.3 Å². The number of rotatable bonds is 6. The van der Waals surface area contributed by atoms with Crippen molar-refractivity contribution in [3.8, 4) is 0 Å². The normalized spacial score (nSPS) is 16.4. The van der Waals surface area contributed by atoms with Crippen LogP contribution in [0.2, 0.25) is 0 Å². The maximum Gasteiger partial charge on any atom is 0.243 e. The average Bonchev–Trinajstić information content (AvgIpc) is 2.34. The molecule has 0 spiro atoms. The molecule has 0 amide bonds. The van der Waals surface area contributed by atoms with E-state index in [4.69, 9.17) is 0 Å². The smallest absolute Gasteiger partial charge is 0.243 e. The molecule has 0 saturated heterocycles. The van der Waals surface area contributed by atoms with Crippen LogP contribution in [0.25, 0.3) is 0 Å². The highest BCUT2D eigenvalue weighted by Gasteiger charge is 2.31. The lowest BCUT2D eigenvalue weighted by Crippen LogP contribution is -2.41. The molecule has 1 aromatic carbocycles. The summed E-state index contributed by atoms with van der Waals surface area (Å²) >= 11 is 0. The van der Waals surface area contributed by atoms with Crippen molar-refractivity contribution in [3.05, 3.63) is 24.3 Å². The van der Waals surface area contributed by atoms with Gasteiger partial charge in [0.25, 0.3) is 0 Å². The van der Waals surface area contributed by atoms with Crippen molar-refractivity contribution >= 4 is 15.7 Å². The molecule has 0 aliphatic heterocycles. The van der Waals surface area contributed by atoms with E-state index in [-0.39, 0.29) is 6.04 Å². The Bertz CT molecular complexity index is 507. The van der Waals surface area contributed by atoms with Crippen LogP contribution < -0.4 is 5.32 Å². The molecule has 0 unspecified atom stereocenters. The first-order valence-corrected chi connectivity index (χ1v) is 8.31. The monoisotopic (exact) mass is 282 g/mol. The van der Waals surface area contributed by atoms with Crippen LogP contribution in [0.3, 0.4) is 0 Å². The molecule has 5 heteroatoms. The van der Waals surface area contributed by atoms with Gasteiger partial charge in [-0.3, -0.25) is 0 Å². The minimum absolute atomic E-state index is 0.183. The lowest BCUT2D eigenvalue weighted by molar-refractivity contribution is 0.249. The molecular formula is C14H22N2O2S. The molecule has 1 aliphatic rings. The SMILES string of the molecule is CCCNc1ccc(S(=O)(=O)N(C)C2CCC2)cc1. The van der Waals surface area contributed by atoms with Gasteiger partial charge in [-0.25, -0.2) is 8.42 Å². The third-order valence-electron chi connectivity index (χ3n) is 3.70. The summed E-state index contributed by atoms with van der Waals surface area (Å²) in [5.74, 6) is 0. The fourth-order valence-corrected chi connectivity index (χ4v) is 3.54. The number of hydrogen-bond donors (Lipinski definition) is 1. The lowest BCUT2D eigenvalue weighted by Gasteiger charge is -2.33. The van der Waals surface area contributed by atoms with Gasteiger partial charge in [-0.2, -0.15) is 4.31 Å². The maximum absolute atomic E-state index is 12.4. The molecule has 1 aliphatic carbocycles. The molecule has 106 valence electrons. The fraction of sp³-hybridized carbons (Fsp3) is 0.571. The molecule has 0 radical (unpaired) electrons. The van der Waals surface area contributed by atoms with Crippen LogP contribution in [0.5, 0.6) is 0 Å². The molecule has 1 fully saturated rings. The average molecular weight is 282 g/mol. The van der Waals surface area contributed by atoms with Crippen molar-refractivity contribution in [2.45, 2.75) is 43.5 Å². The minimum atomic E-state index is -3.33. The summed E-state index contributed by atoms with van der Waals surface area (Å²) in [6.07, 6.45) is 4.13. The summed E-state index contributed by atoms with van der Waals surface area (Å²) < 4.78 is 26.3. The Morgan fingerprint density at radius 2 is 1.89 bits per heavy atom. The molecule has 4 nitrogen and oxygen atoms in total. The van der Waals surface area contributed by atoms with Crippen molar-refractivity contribution in [2.24, 2.45) is 0 Å². The summed E-state index contributed by atoms with van der Waals surface area (Å²) in [6.45, 7) is 2.99. The predicted octanol–water partition coefficient (Wildman–Crippen LogP) is 2.68. The molecule has 19 heavy (non-hydrogen) atoms. The summed E-state index contributed by atoms with van der Waals surface area (Å²) in [5.41, 5.74) is 0.965. The van der Waals surface area contributed by atoms with Gasteiger partial charge >= 0.3 is 0 Å². The van der Waals surface area contributed by atoms with Gasteiger partial charge in [0.15, 0.2) is 0 Å². The summed E-state index contributed by atoms with van der Waals surface area (Å²) in [4.78, 5) is 0.379. The van der Waals surface area contributed by atoms with E-state index in [1.807, 2.05) is 12.1 Å². The Morgan fingerprint density at radius 1 is 1.26 bits per heavy atom. The van der Waals surface area contributed by atoms with Crippen molar-refractivity contribution in [1.82, 2.24) is 4.31 Å². The first-order valence-electron chi connectivity index (χ1n) is 6.87. The Balaban J connectivity index is 2.11. The molecular weight excluding hydrogens is 260 g/mol. The first-order chi connectivity index (χ1) is 9.05. The van der Waals surface area contributed by atoms with Crippen molar-refractivity contribution in [3.63, 3.8) is 0 Å². The van der Waals surface area contributed by atoms with Gasteiger partial charge in [0.05, 0.1) is 4.90 Å². The summed E-state index contributed by atoms with van der Waals surface area (Å²) in [6, 6.07) is 7.21. The van der Waals surface area contributed by atoms with E-state index < -0.39 is 10.0 Å². The summed E-state index contributed by atoms with van der Waals surface area (Å²) in [7, 11) is -1.65. The second-order valence-corrected chi connectivity index (χ2v) is 7.05. The number of anilines is 1. The van der Waals surface area contributed by atoms with Crippen molar-refractivity contribution in [2.75, 3.05) is 18.9 Å². The van der Waals surface area contributed by atoms with Crippen LogP contribution in [0.4, 0.5) is 5.69 Å². The van der Waals surface area contributed by atoms with Crippen LogP contribution in [-0.4, -0.2) is 32.4 Å². The van der Waals surface area contributed by atoms with E-state index in [2.05, 4.69) is 12.2 Å². The molecule has 2 rings (SSSR count). The van der Waals surface area contributed by atoms with Crippen LogP contribution in [0.15, 0.2) is 29.2 Å². The van der Waals surface area contributed by atoms with Gasteiger partial charge in [-0.05, 0) is 43.5 Å². The van der Waals surface area contributed by atoms with E-state index in [0.717, 1.165) is 37.9 Å². The molecule has 1 aromatic rings. The zero-order valence-corrected chi connectivity index (χ0v) is 12.4. The van der Waals surface area contributed by atoms with E-state index in [0.29, 0.717) is 4.90 Å². The third-order valence-corrected chi connectivity index (χ3v) is 5.62. The Hall–Kier alpha value is -1.07. The van der Waals surface area contributed by atoms with Crippen LogP contribution in [0, 0.1) is 0 Å². The number of nitrogens with one attached hydrogen (secondary N) is 1. The first kappa shape index (κ1) is 14.3. The highest BCUT2D eigenvalue weighted by atomic mass is 32.2. The predicted molar refractivity (Wildman–Crippen MR) is 77.8 cm³/mol.